The van der Waals surface area contributed by atoms with Crippen molar-refractivity contribution in [2.45, 2.75) is 45.8 Å². The molecule has 0 saturated heterocycles. The Kier molecular flexibility index (Phi) is 5.71. The molecule has 3 aromatic rings. The lowest BCUT2D eigenvalue weighted by atomic mass is 10.1. The minimum Gasteiger partial charge on any atom is -0.379 e. The van der Waals surface area contributed by atoms with Crippen LogP contribution in [0.2, 0.25) is 0 Å². The fourth-order valence-electron chi connectivity index (χ4n) is 3.64. The number of anilines is 1. The number of rotatable bonds is 7. The molecular formula is C23H26N4O2. The number of para-hydroxylation sites is 1. The highest BCUT2D eigenvalue weighted by Gasteiger charge is 2.17. The monoisotopic (exact) mass is 390 g/mol. The summed E-state index contributed by atoms with van der Waals surface area (Å²) in [5.41, 5.74) is 7.16. The minimum atomic E-state index is -0.0605. The summed E-state index contributed by atoms with van der Waals surface area (Å²) in [7, 11) is 0. The molecule has 0 bridgehead atoms. The summed E-state index contributed by atoms with van der Waals surface area (Å²) in [6, 6.07) is 15.7. The first-order valence-corrected chi connectivity index (χ1v) is 10.2. The van der Waals surface area contributed by atoms with Crippen molar-refractivity contribution in [3.63, 3.8) is 0 Å². The van der Waals surface area contributed by atoms with E-state index < -0.39 is 0 Å². The number of aromatic nitrogens is 2. The second-order valence-electron chi connectivity index (χ2n) is 7.51. The van der Waals surface area contributed by atoms with Crippen LogP contribution >= 0.6 is 0 Å². The Balaban J connectivity index is 1.64. The molecule has 0 unspecified atom stereocenters. The summed E-state index contributed by atoms with van der Waals surface area (Å²) in [4.78, 5) is 17.7. The molecule has 29 heavy (non-hydrogen) atoms. The molecular weight excluding hydrogens is 364 g/mol. The number of nitrogens with zero attached hydrogens (tertiary/aromatic N) is 3. The minimum absolute atomic E-state index is 0.0605. The number of benzene rings is 2. The molecule has 1 heterocycles. The van der Waals surface area contributed by atoms with Crippen LogP contribution in [0.3, 0.4) is 0 Å². The van der Waals surface area contributed by atoms with E-state index in [2.05, 4.69) is 33.7 Å². The molecule has 1 aliphatic rings. The number of fused-ring (bicyclic) bond motifs is 2. The Morgan fingerprint density at radius 1 is 1.14 bits per heavy atom. The molecule has 150 valence electrons. The molecule has 6 heteroatoms. The maximum absolute atomic E-state index is 13.1. The van der Waals surface area contributed by atoms with Gasteiger partial charge in [0.25, 0.3) is 5.56 Å². The maximum Gasteiger partial charge on any atom is 0.262 e. The number of ether oxygens (including phenoxy) is 1. The Hall–Kier alpha value is -2.99. The van der Waals surface area contributed by atoms with E-state index in [1.54, 1.807) is 4.57 Å². The van der Waals surface area contributed by atoms with Gasteiger partial charge in [0.1, 0.15) is 0 Å². The Morgan fingerprint density at radius 2 is 1.93 bits per heavy atom. The zero-order valence-corrected chi connectivity index (χ0v) is 16.9. The van der Waals surface area contributed by atoms with Gasteiger partial charge in [0.2, 0.25) is 5.95 Å². The molecule has 0 aliphatic heterocycles. The topological polar surface area (TPSA) is 68.5 Å². The molecule has 0 spiro atoms. The summed E-state index contributed by atoms with van der Waals surface area (Å²) in [5, 5.41) is 5.23. The van der Waals surface area contributed by atoms with Gasteiger partial charge in [0.05, 0.1) is 22.7 Å². The van der Waals surface area contributed by atoms with Crippen LogP contribution in [-0.2, 0) is 17.7 Å². The van der Waals surface area contributed by atoms with Crippen molar-refractivity contribution >= 4 is 22.6 Å². The highest BCUT2D eigenvalue weighted by Crippen LogP contribution is 2.22. The average Bonchev–Trinajstić information content (AvgIpc) is 3.14. The standard InChI is InChI=1S/C23H26N4O2/c1-16(2)29-15-7-14-27-22(28)19-10-5-6-11-20(19)24-23(27)26-25-21-13-12-17-8-3-4-9-18(17)21/h3-6,8-11,16H,7,12-15H2,1-2H3,(H,24,26)/b25-21-. The molecule has 1 aromatic heterocycles. The quantitative estimate of drug-likeness (QED) is 0.489. The Bertz CT molecular complexity index is 1100. The number of hydrogen-bond acceptors (Lipinski definition) is 5. The van der Waals surface area contributed by atoms with Gasteiger partial charge in [0.15, 0.2) is 0 Å². The van der Waals surface area contributed by atoms with Crippen LogP contribution in [0.1, 0.15) is 37.8 Å². The van der Waals surface area contributed by atoms with Crippen molar-refractivity contribution in [2.24, 2.45) is 5.10 Å². The lowest BCUT2D eigenvalue weighted by molar-refractivity contribution is 0.0748. The van der Waals surface area contributed by atoms with Crippen LogP contribution in [0.5, 0.6) is 0 Å². The van der Waals surface area contributed by atoms with E-state index in [4.69, 9.17) is 4.74 Å². The second kappa shape index (κ2) is 8.57. The van der Waals surface area contributed by atoms with Gasteiger partial charge >= 0.3 is 0 Å². The summed E-state index contributed by atoms with van der Waals surface area (Å²) in [6.07, 6.45) is 2.77. The second-order valence-corrected chi connectivity index (χ2v) is 7.51. The molecule has 2 aromatic carbocycles. The molecule has 0 radical (unpaired) electrons. The van der Waals surface area contributed by atoms with E-state index in [0.717, 1.165) is 25.0 Å². The van der Waals surface area contributed by atoms with Crippen molar-refractivity contribution in [3.05, 3.63) is 70.0 Å². The largest absolute Gasteiger partial charge is 0.379 e. The van der Waals surface area contributed by atoms with Crippen molar-refractivity contribution in [1.29, 1.82) is 0 Å². The lowest BCUT2D eigenvalue weighted by Gasteiger charge is -2.14. The first-order chi connectivity index (χ1) is 14.1. The van der Waals surface area contributed by atoms with Crippen molar-refractivity contribution < 1.29 is 4.74 Å². The van der Waals surface area contributed by atoms with Crippen molar-refractivity contribution in [2.75, 3.05) is 12.0 Å². The molecule has 0 atom stereocenters. The molecule has 1 aliphatic carbocycles. The average molecular weight is 390 g/mol. The van der Waals surface area contributed by atoms with E-state index in [0.29, 0.717) is 30.0 Å². The SMILES string of the molecule is CC(C)OCCCn1c(N/N=C2/CCc3ccccc32)nc2ccccc2c1=O. The first-order valence-electron chi connectivity index (χ1n) is 10.2. The summed E-state index contributed by atoms with van der Waals surface area (Å²) in [5.74, 6) is 0.468. The zero-order chi connectivity index (χ0) is 20.2. The van der Waals surface area contributed by atoms with E-state index in [1.165, 1.54) is 11.1 Å². The van der Waals surface area contributed by atoms with Crippen LogP contribution < -0.4 is 11.0 Å². The van der Waals surface area contributed by atoms with Gasteiger partial charge in [0, 0.05) is 18.7 Å². The third-order valence-corrected chi connectivity index (χ3v) is 5.09. The molecule has 4 rings (SSSR count). The van der Waals surface area contributed by atoms with Gasteiger partial charge in [-0.3, -0.25) is 9.36 Å². The summed E-state index contributed by atoms with van der Waals surface area (Å²) >= 11 is 0. The highest BCUT2D eigenvalue weighted by atomic mass is 16.5. The third-order valence-electron chi connectivity index (χ3n) is 5.09. The number of hydrogen-bond donors (Lipinski definition) is 1. The Labute approximate surface area is 170 Å². The number of nitrogens with one attached hydrogen (secondary N) is 1. The van der Waals surface area contributed by atoms with Gasteiger partial charge < -0.3 is 4.74 Å². The van der Waals surface area contributed by atoms with Gasteiger partial charge in [-0.25, -0.2) is 10.4 Å². The third kappa shape index (κ3) is 4.22. The fraction of sp³-hybridized carbons (Fsp3) is 0.348. The predicted octanol–water partition coefficient (Wildman–Crippen LogP) is 3.97. The van der Waals surface area contributed by atoms with E-state index in [9.17, 15) is 4.79 Å². The van der Waals surface area contributed by atoms with E-state index in [-0.39, 0.29) is 11.7 Å². The van der Waals surface area contributed by atoms with E-state index in [1.807, 2.05) is 44.2 Å². The van der Waals surface area contributed by atoms with Gasteiger partial charge in [-0.05, 0) is 50.8 Å². The maximum atomic E-state index is 13.1. The van der Waals surface area contributed by atoms with Crippen LogP contribution in [-0.4, -0.2) is 28.0 Å². The van der Waals surface area contributed by atoms with Crippen molar-refractivity contribution in [3.8, 4) is 0 Å². The fourth-order valence-corrected chi connectivity index (χ4v) is 3.64. The Morgan fingerprint density at radius 3 is 2.79 bits per heavy atom. The lowest BCUT2D eigenvalue weighted by Crippen LogP contribution is -2.25. The van der Waals surface area contributed by atoms with Crippen LogP contribution in [0.4, 0.5) is 5.95 Å². The van der Waals surface area contributed by atoms with Gasteiger partial charge in [-0.1, -0.05) is 36.4 Å². The van der Waals surface area contributed by atoms with Crippen molar-refractivity contribution in [1.82, 2.24) is 9.55 Å². The van der Waals surface area contributed by atoms with Crippen LogP contribution in [0.15, 0.2) is 58.4 Å². The molecule has 6 nitrogen and oxygen atoms in total. The van der Waals surface area contributed by atoms with Crippen LogP contribution in [0, 0.1) is 0 Å². The molecule has 1 N–H and O–H groups in total. The first kappa shape index (κ1) is 19.3. The van der Waals surface area contributed by atoms with E-state index >= 15 is 0 Å². The summed E-state index contributed by atoms with van der Waals surface area (Å²) in [6.45, 7) is 5.13. The zero-order valence-electron chi connectivity index (χ0n) is 16.9. The van der Waals surface area contributed by atoms with Crippen LogP contribution in [0.25, 0.3) is 10.9 Å². The van der Waals surface area contributed by atoms with Gasteiger partial charge in [-0.2, -0.15) is 5.10 Å². The number of aryl methyl sites for hydroxylation is 1. The summed E-state index contributed by atoms with van der Waals surface area (Å²) < 4.78 is 7.29. The molecule has 0 amide bonds. The smallest absolute Gasteiger partial charge is 0.262 e. The molecule has 0 fully saturated rings. The van der Waals surface area contributed by atoms with Gasteiger partial charge in [-0.15, -0.1) is 0 Å². The molecule has 0 saturated carbocycles. The predicted molar refractivity (Wildman–Crippen MR) is 117 cm³/mol. The highest BCUT2D eigenvalue weighted by molar-refractivity contribution is 6.04. The number of hydrazone groups is 1. The normalized spacial score (nSPS) is 14.7.